The van der Waals surface area contributed by atoms with E-state index in [1.165, 1.54) is 18.6 Å². The lowest BCUT2D eigenvalue weighted by molar-refractivity contribution is -0.141. The van der Waals surface area contributed by atoms with Gasteiger partial charge in [-0.2, -0.15) is 18.2 Å². The van der Waals surface area contributed by atoms with Gasteiger partial charge in [-0.1, -0.05) is 0 Å². The van der Waals surface area contributed by atoms with Crippen molar-refractivity contribution in [3.8, 4) is 5.88 Å². The van der Waals surface area contributed by atoms with Crippen LogP contribution in [0, 0.1) is 0 Å². The summed E-state index contributed by atoms with van der Waals surface area (Å²) in [4.78, 5) is 8.37. The zero-order valence-corrected chi connectivity index (χ0v) is 11.7. The van der Waals surface area contributed by atoms with Crippen LogP contribution < -0.4 is 4.74 Å². The molecule has 0 aliphatic heterocycles. The fourth-order valence-corrected chi connectivity index (χ4v) is 2.29. The Morgan fingerprint density at radius 3 is 2.60 bits per heavy atom. The molecule has 0 amide bonds. The van der Waals surface area contributed by atoms with E-state index in [0.717, 1.165) is 0 Å². The number of imidazole rings is 1. The number of aromatic nitrogens is 3. The molecule has 0 saturated carbocycles. The highest BCUT2D eigenvalue weighted by Gasteiger charge is 2.32. The Morgan fingerprint density at radius 1 is 1.35 bits per heavy atom. The zero-order chi connectivity index (χ0) is 14.9. The maximum atomic E-state index is 12.6. The van der Waals surface area contributed by atoms with E-state index in [4.69, 9.17) is 16.3 Å². The Balaban J connectivity index is 2.53. The molecule has 2 rings (SSSR count). The molecule has 0 aliphatic rings. The van der Waals surface area contributed by atoms with Gasteiger partial charge in [0.05, 0.1) is 19.4 Å². The maximum Gasteiger partial charge on any atom is 0.391 e. The van der Waals surface area contributed by atoms with Crippen molar-refractivity contribution in [1.82, 2.24) is 14.5 Å². The quantitative estimate of drug-likeness (QED) is 0.809. The van der Waals surface area contributed by atoms with Crippen LogP contribution in [0.4, 0.5) is 13.2 Å². The van der Waals surface area contributed by atoms with Crippen molar-refractivity contribution < 1.29 is 17.9 Å². The second kappa shape index (κ2) is 5.47. The fraction of sp³-hybridized carbons (Fsp3) is 0.500. The Labute approximate surface area is 118 Å². The van der Waals surface area contributed by atoms with Crippen LogP contribution in [0.2, 0.25) is 0 Å². The van der Waals surface area contributed by atoms with Crippen LogP contribution >= 0.6 is 11.6 Å². The first-order valence-electron chi connectivity index (χ1n) is 5.90. The predicted octanol–water partition coefficient (Wildman–Crippen LogP) is 3.69. The van der Waals surface area contributed by atoms with Gasteiger partial charge in [0.1, 0.15) is 11.3 Å². The summed E-state index contributed by atoms with van der Waals surface area (Å²) in [5.74, 6) is 0.694. The van der Waals surface area contributed by atoms with Crippen molar-refractivity contribution in [3.05, 3.63) is 18.0 Å². The topological polar surface area (TPSA) is 39.9 Å². The van der Waals surface area contributed by atoms with E-state index in [9.17, 15) is 13.2 Å². The molecule has 1 atom stereocenters. The number of methoxy groups -OCH3 is 1. The molecule has 0 fully saturated rings. The lowest BCUT2D eigenvalue weighted by Crippen LogP contribution is -2.18. The summed E-state index contributed by atoms with van der Waals surface area (Å²) >= 11 is 5.77. The molecular weight excluding hydrogens is 295 g/mol. The molecule has 0 spiro atoms. The van der Waals surface area contributed by atoms with Crippen LogP contribution in [0.15, 0.2) is 12.1 Å². The molecule has 2 aromatic heterocycles. The van der Waals surface area contributed by atoms with Gasteiger partial charge in [-0.3, -0.25) is 0 Å². The fourth-order valence-electron chi connectivity index (χ4n) is 2.10. The predicted molar refractivity (Wildman–Crippen MR) is 69.0 cm³/mol. The molecule has 2 heterocycles. The summed E-state index contributed by atoms with van der Waals surface area (Å²) in [7, 11) is 1.44. The number of rotatable bonds is 4. The second-order valence-corrected chi connectivity index (χ2v) is 4.66. The molecule has 0 aliphatic carbocycles. The number of halogens is 4. The number of pyridine rings is 1. The molecule has 0 saturated heterocycles. The molecule has 110 valence electrons. The van der Waals surface area contributed by atoms with Crippen molar-refractivity contribution in [2.45, 2.75) is 31.4 Å². The summed E-state index contributed by atoms with van der Waals surface area (Å²) in [5.41, 5.74) is 0.840. The van der Waals surface area contributed by atoms with E-state index in [0.29, 0.717) is 22.9 Å². The highest BCUT2D eigenvalue weighted by atomic mass is 35.5. The lowest BCUT2D eigenvalue weighted by atomic mass is 10.2. The number of ether oxygens (including phenoxy) is 1. The first kappa shape index (κ1) is 14.9. The van der Waals surface area contributed by atoms with Gasteiger partial charge in [0, 0.05) is 12.1 Å². The van der Waals surface area contributed by atoms with E-state index in [2.05, 4.69) is 9.97 Å². The van der Waals surface area contributed by atoms with Gasteiger partial charge < -0.3 is 9.30 Å². The molecule has 1 unspecified atom stereocenters. The molecular formula is C12H13ClF3N3O. The Kier molecular flexibility index (Phi) is 4.08. The minimum absolute atomic E-state index is 0.0148. The highest BCUT2D eigenvalue weighted by molar-refractivity contribution is 6.16. The van der Waals surface area contributed by atoms with E-state index >= 15 is 0 Å². The molecule has 0 radical (unpaired) electrons. The largest absolute Gasteiger partial charge is 0.481 e. The standard InChI is InChI=1S/C12H13ClF3N3O/c1-7(5-12(14,15)16)19-9(6-13)17-8-3-4-10(20-2)18-11(8)19/h3-4,7H,5-6H2,1-2H3. The van der Waals surface area contributed by atoms with E-state index in [1.54, 1.807) is 12.1 Å². The van der Waals surface area contributed by atoms with Gasteiger partial charge in [0.15, 0.2) is 5.65 Å². The average molecular weight is 308 g/mol. The second-order valence-electron chi connectivity index (χ2n) is 4.40. The first-order valence-corrected chi connectivity index (χ1v) is 6.43. The van der Waals surface area contributed by atoms with Crippen LogP contribution in [-0.2, 0) is 5.88 Å². The smallest absolute Gasteiger partial charge is 0.391 e. The molecule has 0 aromatic carbocycles. The minimum atomic E-state index is -4.27. The summed E-state index contributed by atoms with van der Waals surface area (Å²) in [6, 6.07) is 2.41. The molecule has 8 heteroatoms. The van der Waals surface area contributed by atoms with Crippen LogP contribution in [0.25, 0.3) is 11.2 Å². The summed E-state index contributed by atoms with van der Waals surface area (Å²) in [6.07, 6.45) is -5.24. The molecule has 0 bridgehead atoms. The van der Waals surface area contributed by atoms with Gasteiger partial charge in [0.2, 0.25) is 5.88 Å². The minimum Gasteiger partial charge on any atom is -0.481 e. The summed E-state index contributed by atoms with van der Waals surface area (Å²) in [6.45, 7) is 1.46. The van der Waals surface area contributed by atoms with E-state index in [1.807, 2.05) is 0 Å². The first-order chi connectivity index (χ1) is 9.35. The van der Waals surface area contributed by atoms with Crippen molar-refractivity contribution in [3.63, 3.8) is 0 Å². The normalized spacial score (nSPS) is 13.7. The van der Waals surface area contributed by atoms with Crippen molar-refractivity contribution >= 4 is 22.8 Å². The Hall–Kier alpha value is -1.50. The average Bonchev–Trinajstić information content (AvgIpc) is 2.73. The monoisotopic (exact) mass is 307 g/mol. The van der Waals surface area contributed by atoms with Crippen LogP contribution in [-0.4, -0.2) is 27.8 Å². The van der Waals surface area contributed by atoms with Crippen molar-refractivity contribution in [1.29, 1.82) is 0 Å². The van der Waals surface area contributed by atoms with E-state index < -0.39 is 18.6 Å². The number of nitrogens with zero attached hydrogens (tertiary/aromatic N) is 3. The van der Waals surface area contributed by atoms with Gasteiger partial charge in [-0.25, -0.2) is 4.98 Å². The Bertz CT molecular complexity index is 612. The number of hydrogen-bond acceptors (Lipinski definition) is 3. The molecule has 4 nitrogen and oxygen atoms in total. The van der Waals surface area contributed by atoms with E-state index in [-0.39, 0.29) is 5.88 Å². The number of fused-ring (bicyclic) bond motifs is 1. The van der Waals surface area contributed by atoms with Crippen LogP contribution in [0.5, 0.6) is 5.88 Å². The third kappa shape index (κ3) is 2.98. The van der Waals surface area contributed by atoms with Crippen molar-refractivity contribution in [2.24, 2.45) is 0 Å². The van der Waals surface area contributed by atoms with Gasteiger partial charge >= 0.3 is 6.18 Å². The SMILES string of the molecule is COc1ccc2nc(CCl)n(C(C)CC(F)(F)F)c2n1. The molecule has 20 heavy (non-hydrogen) atoms. The third-order valence-corrected chi connectivity index (χ3v) is 3.12. The van der Waals surface area contributed by atoms with Crippen LogP contribution in [0.3, 0.4) is 0 Å². The summed E-state index contributed by atoms with van der Waals surface area (Å²) in [5, 5.41) is 0. The maximum absolute atomic E-state index is 12.6. The van der Waals surface area contributed by atoms with Crippen molar-refractivity contribution in [2.75, 3.05) is 7.11 Å². The van der Waals surface area contributed by atoms with Crippen LogP contribution in [0.1, 0.15) is 25.2 Å². The molecule has 0 N–H and O–H groups in total. The van der Waals surface area contributed by atoms with Gasteiger partial charge in [0.25, 0.3) is 0 Å². The highest BCUT2D eigenvalue weighted by Crippen LogP contribution is 2.31. The third-order valence-electron chi connectivity index (χ3n) is 2.88. The van der Waals surface area contributed by atoms with Gasteiger partial charge in [-0.15, -0.1) is 11.6 Å². The Morgan fingerprint density at radius 2 is 2.05 bits per heavy atom. The van der Waals surface area contributed by atoms with Gasteiger partial charge in [-0.05, 0) is 13.0 Å². The molecule has 2 aromatic rings. The number of hydrogen-bond donors (Lipinski definition) is 0. The summed E-state index contributed by atoms with van der Waals surface area (Å²) < 4.78 is 44.1. The lowest BCUT2D eigenvalue weighted by Gasteiger charge is -2.18. The zero-order valence-electron chi connectivity index (χ0n) is 10.9. The number of alkyl halides is 4.